The summed E-state index contributed by atoms with van der Waals surface area (Å²) in [4.78, 5) is 8.39. The number of hydrogen-bond donors (Lipinski definition) is 1. The summed E-state index contributed by atoms with van der Waals surface area (Å²) in [7, 11) is 0. The summed E-state index contributed by atoms with van der Waals surface area (Å²) >= 11 is 0. The second-order valence-corrected chi connectivity index (χ2v) is 4.88. The Morgan fingerprint density at radius 3 is 2.62 bits per heavy atom. The number of nitrogens with zero attached hydrogens (tertiary/aromatic N) is 3. The fourth-order valence-electron chi connectivity index (χ4n) is 1.95. The van der Waals surface area contributed by atoms with Gasteiger partial charge in [0.1, 0.15) is 12.4 Å². The third-order valence-corrected chi connectivity index (χ3v) is 3.32. The van der Waals surface area contributed by atoms with Gasteiger partial charge >= 0.3 is 0 Å². The van der Waals surface area contributed by atoms with E-state index in [0.717, 1.165) is 11.3 Å². The van der Waals surface area contributed by atoms with Gasteiger partial charge in [0.2, 0.25) is 0 Å². The van der Waals surface area contributed by atoms with Crippen molar-refractivity contribution in [2.45, 2.75) is 20.5 Å². The van der Waals surface area contributed by atoms with Crippen LogP contribution in [-0.2, 0) is 6.61 Å². The summed E-state index contributed by atoms with van der Waals surface area (Å²) in [6.45, 7) is 4.51. The number of H-pyrrole nitrogens is 1. The summed E-state index contributed by atoms with van der Waals surface area (Å²) in [5.74, 6) is 2.18. The molecule has 2 heterocycles. The van der Waals surface area contributed by atoms with Crippen molar-refractivity contribution in [3.63, 3.8) is 0 Å². The zero-order valence-electron chi connectivity index (χ0n) is 12.0. The van der Waals surface area contributed by atoms with Crippen molar-refractivity contribution in [1.82, 2.24) is 20.2 Å². The van der Waals surface area contributed by atoms with Gasteiger partial charge in [-0.1, -0.05) is 6.07 Å². The molecule has 0 aliphatic heterocycles. The number of aryl methyl sites for hydroxylation is 2. The number of aromatic amines is 1. The minimum atomic E-state index is 0.362. The molecule has 1 aromatic carbocycles. The maximum Gasteiger partial charge on any atom is 0.181 e. The molecule has 0 saturated heterocycles. The molecule has 0 amide bonds. The molecule has 0 aliphatic rings. The zero-order chi connectivity index (χ0) is 14.7. The molecule has 0 atom stereocenters. The predicted molar refractivity (Wildman–Crippen MR) is 79.9 cm³/mol. The maximum atomic E-state index is 5.73. The van der Waals surface area contributed by atoms with E-state index in [1.807, 2.05) is 30.3 Å². The average molecular weight is 280 g/mol. The topological polar surface area (TPSA) is 63.7 Å². The molecule has 0 bridgehead atoms. The highest BCUT2D eigenvalue weighted by molar-refractivity contribution is 5.52. The SMILES string of the molecule is Cc1ccc(OCc2nc(-c3ccncc3)n[nH]2)cc1C. The molecule has 3 rings (SSSR count). The second kappa shape index (κ2) is 5.75. The van der Waals surface area contributed by atoms with Gasteiger partial charge in [-0.05, 0) is 49.2 Å². The van der Waals surface area contributed by atoms with Crippen LogP contribution in [0.1, 0.15) is 17.0 Å². The number of rotatable bonds is 4. The van der Waals surface area contributed by atoms with Crippen LogP contribution in [0.2, 0.25) is 0 Å². The monoisotopic (exact) mass is 280 g/mol. The smallest absolute Gasteiger partial charge is 0.181 e. The Balaban J connectivity index is 1.69. The van der Waals surface area contributed by atoms with Crippen molar-refractivity contribution in [2.24, 2.45) is 0 Å². The van der Waals surface area contributed by atoms with Crippen LogP contribution in [-0.4, -0.2) is 20.2 Å². The molecule has 0 saturated carbocycles. The molecule has 106 valence electrons. The molecule has 5 heteroatoms. The number of aromatic nitrogens is 4. The van der Waals surface area contributed by atoms with Gasteiger partial charge in [-0.2, -0.15) is 5.10 Å². The Labute approximate surface area is 123 Å². The van der Waals surface area contributed by atoms with Crippen molar-refractivity contribution in [3.05, 3.63) is 59.7 Å². The first kappa shape index (κ1) is 13.3. The third kappa shape index (κ3) is 3.08. The molecule has 0 aliphatic carbocycles. The summed E-state index contributed by atoms with van der Waals surface area (Å²) in [5, 5.41) is 7.08. The van der Waals surface area contributed by atoms with Crippen LogP contribution in [0, 0.1) is 13.8 Å². The number of ether oxygens (including phenoxy) is 1. The molecule has 0 fully saturated rings. The minimum Gasteiger partial charge on any atom is -0.486 e. The first-order valence-electron chi connectivity index (χ1n) is 6.74. The molecule has 0 radical (unpaired) electrons. The lowest BCUT2D eigenvalue weighted by Crippen LogP contribution is -1.98. The van der Waals surface area contributed by atoms with E-state index in [9.17, 15) is 0 Å². The van der Waals surface area contributed by atoms with Crippen LogP contribution in [0.3, 0.4) is 0 Å². The van der Waals surface area contributed by atoms with Crippen molar-refractivity contribution in [1.29, 1.82) is 0 Å². The Morgan fingerprint density at radius 2 is 1.86 bits per heavy atom. The molecule has 0 unspecified atom stereocenters. The standard InChI is InChI=1S/C16H16N4O/c1-11-3-4-14(9-12(11)2)21-10-15-18-16(20-19-15)13-5-7-17-8-6-13/h3-9H,10H2,1-2H3,(H,18,19,20). The van der Waals surface area contributed by atoms with Crippen LogP contribution in [0.25, 0.3) is 11.4 Å². The Hall–Kier alpha value is -2.69. The number of hydrogen-bond acceptors (Lipinski definition) is 4. The van der Waals surface area contributed by atoms with Crippen LogP contribution < -0.4 is 4.74 Å². The summed E-state index contributed by atoms with van der Waals surface area (Å²) in [6, 6.07) is 9.78. The second-order valence-electron chi connectivity index (χ2n) is 4.88. The van der Waals surface area contributed by atoms with Crippen LogP contribution in [0.15, 0.2) is 42.7 Å². The molecular formula is C16H16N4O. The largest absolute Gasteiger partial charge is 0.486 e. The third-order valence-electron chi connectivity index (χ3n) is 3.32. The number of nitrogens with one attached hydrogen (secondary N) is 1. The van der Waals surface area contributed by atoms with Gasteiger partial charge < -0.3 is 4.74 Å². The van der Waals surface area contributed by atoms with Crippen molar-refractivity contribution in [3.8, 4) is 17.1 Å². The fourth-order valence-corrected chi connectivity index (χ4v) is 1.95. The van der Waals surface area contributed by atoms with Gasteiger partial charge in [0, 0.05) is 18.0 Å². The lowest BCUT2D eigenvalue weighted by molar-refractivity contribution is 0.296. The summed E-state index contributed by atoms with van der Waals surface area (Å²) < 4.78 is 5.73. The number of pyridine rings is 1. The Kier molecular flexibility index (Phi) is 3.64. The minimum absolute atomic E-state index is 0.362. The first-order valence-corrected chi connectivity index (χ1v) is 6.74. The summed E-state index contributed by atoms with van der Waals surface area (Å²) in [5.41, 5.74) is 3.39. The Morgan fingerprint density at radius 1 is 1.05 bits per heavy atom. The van der Waals surface area contributed by atoms with Crippen LogP contribution in [0.5, 0.6) is 5.75 Å². The molecule has 3 aromatic rings. The molecule has 2 aromatic heterocycles. The van der Waals surface area contributed by atoms with Gasteiger partial charge in [0.25, 0.3) is 0 Å². The van der Waals surface area contributed by atoms with Crippen molar-refractivity contribution >= 4 is 0 Å². The predicted octanol–water partition coefficient (Wildman–Crippen LogP) is 3.06. The van der Waals surface area contributed by atoms with Crippen LogP contribution in [0.4, 0.5) is 0 Å². The fraction of sp³-hybridized carbons (Fsp3) is 0.188. The number of benzene rings is 1. The van der Waals surface area contributed by atoms with E-state index in [2.05, 4.69) is 34.0 Å². The van der Waals surface area contributed by atoms with Gasteiger partial charge in [-0.3, -0.25) is 10.1 Å². The highest BCUT2D eigenvalue weighted by atomic mass is 16.5. The highest BCUT2D eigenvalue weighted by Crippen LogP contribution is 2.18. The van der Waals surface area contributed by atoms with E-state index >= 15 is 0 Å². The van der Waals surface area contributed by atoms with Crippen LogP contribution >= 0.6 is 0 Å². The van der Waals surface area contributed by atoms with E-state index in [0.29, 0.717) is 18.3 Å². The quantitative estimate of drug-likeness (QED) is 0.797. The molecule has 5 nitrogen and oxygen atoms in total. The Bertz CT molecular complexity index is 737. The lowest BCUT2D eigenvalue weighted by atomic mass is 10.1. The lowest BCUT2D eigenvalue weighted by Gasteiger charge is -2.06. The molecule has 1 N–H and O–H groups in total. The van der Waals surface area contributed by atoms with E-state index in [4.69, 9.17) is 4.74 Å². The first-order chi connectivity index (χ1) is 10.2. The highest BCUT2D eigenvalue weighted by Gasteiger charge is 2.06. The van der Waals surface area contributed by atoms with E-state index < -0.39 is 0 Å². The van der Waals surface area contributed by atoms with Gasteiger partial charge in [-0.15, -0.1) is 0 Å². The average Bonchev–Trinajstić information content (AvgIpc) is 2.98. The maximum absolute atomic E-state index is 5.73. The van der Waals surface area contributed by atoms with Crippen molar-refractivity contribution < 1.29 is 4.74 Å². The van der Waals surface area contributed by atoms with Gasteiger partial charge in [0.15, 0.2) is 11.6 Å². The van der Waals surface area contributed by atoms with Gasteiger partial charge in [-0.25, -0.2) is 4.98 Å². The van der Waals surface area contributed by atoms with Gasteiger partial charge in [0.05, 0.1) is 0 Å². The van der Waals surface area contributed by atoms with Crippen molar-refractivity contribution in [2.75, 3.05) is 0 Å². The van der Waals surface area contributed by atoms with E-state index in [1.54, 1.807) is 12.4 Å². The van der Waals surface area contributed by atoms with E-state index in [1.165, 1.54) is 11.1 Å². The summed E-state index contributed by atoms with van der Waals surface area (Å²) in [6.07, 6.45) is 3.44. The zero-order valence-corrected chi connectivity index (χ0v) is 12.0. The molecule has 0 spiro atoms. The van der Waals surface area contributed by atoms with E-state index in [-0.39, 0.29) is 0 Å². The molecule has 21 heavy (non-hydrogen) atoms. The molecular weight excluding hydrogens is 264 g/mol. The normalized spacial score (nSPS) is 10.6.